The SMILES string of the molecule is COC(=O)CC1(C)C=C2C(=CC1)c1ccc3cc(N4CCOCC4)ccc3c1CC2C. The highest BCUT2D eigenvalue weighted by atomic mass is 16.5. The lowest BCUT2D eigenvalue weighted by Gasteiger charge is -2.37. The van der Waals surface area contributed by atoms with Crippen molar-refractivity contribution in [1.82, 2.24) is 0 Å². The van der Waals surface area contributed by atoms with Crippen molar-refractivity contribution in [3.05, 3.63) is 59.2 Å². The Bertz CT molecular complexity index is 1090. The minimum Gasteiger partial charge on any atom is -0.469 e. The first kappa shape index (κ1) is 20.3. The fourth-order valence-electron chi connectivity index (χ4n) is 5.45. The van der Waals surface area contributed by atoms with E-state index in [1.54, 1.807) is 0 Å². The monoisotopic (exact) mass is 417 g/mol. The quantitative estimate of drug-likeness (QED) is 0.648. The lowest BCUT2D eigenvalue weighted by Crippen LogP contribution is -2.36. The summed E-state index contributed by atoms with van der Waals surface area (Å²) in [6, 6.07) is 11.5. The number of esters is 1. The molecule has 2 aromatic rings. The molecule has 2 atom stereocenters. The smallest absolute Gasteiger partial charge is 0.306 e. The van der Waals surface area contributed by atoms with Crippen LogP contribution in [-0.2, 0) is 20.7 Å². The number of methoxy groups -OCH3 is 1. The van der Waals surface area contributed by atoms with Crippen LogP contribution in [0.2, 0.25) is 0 Å². The van der Waals surface area contributed by atoms with Gasteiger partial charge in [-0.05, 0) is 69.4 Å². The van der Waals surface area contributed by atoms with Gasteiger partial charge in [0.1, 0.15) is 0 Å². The first-order valence-corrected chi connectivity index (χ1v) is 11.4. The van der Waals surface area contributed by atoms with Crippen molar-refractivity contribution in [3.63, 3.8) is 0 Å². The van der Waals surface area contributed by atoms with Crippen LogP contribution in [0, 0.1) is 11.3 Å². The van der Waals surface area contributed by atoms with Gasteiger partial charge in [-0.25, -0.2) is 0 Å². The van der Waals surface area contributed by atoms with Crippen LogP contribution >= 0.6 is 0 Å². The minimum absolute atomic E-state index is 0.137. The fraction of sp³-hybridized carbons (Fsp3) is 0.444. The van der Waals surface area contributed by atoms with Crippen molar-refractivity contribution in [1.29, 1.82) is 0 Å². The summed E-state index contributed by atoms with van der Waals surface area (Å²) in [5.41, 5.74) is 6.68. The van der Waals surface area contributed by atoms with E-state index in [1.165, 1.54) is 45.8 Å². The van der Waals surface area contributed by atoms with Gasteiger partial charge in [0.05, 0.1) is 26.7 Å². The molecule has 0 spiro atoms. The summed E-state index contributed by atoms with van der Waals surface area (Å²) in [5, 5.41) is 2.68. The highest BCUT2D eigenvalue weighted by molar-refractivity contribution is 5.96. The van der Waals surface area contributed by atoms with Gasteiger partial charge in [0.25, 0.3) is 0 Å². The van der Waals surface area contributed by atoms with E-state index in [-0.39, 0.29) is 11.4 Å². The van der Waals surface area contributed by atoms with E-state index in [1.807, 2.05) is 0 Å². The second-order valence-corrected chi connectivity index (χ2v) is 9.53. The van der Waals surface area contributed by atoms with Crippen LogP contribution in [0.15, 0.2) is 48.1 Å². The second-order valence-electron chi connectivity index (χ2n) is 9.53. The van der Waals surface area contributed by atoms with E-state index in [4.69, 9.17) is 9.47 Å². The fourth-order valence-corrected chi connectivity index (χ4v) is 5.45. The third kappa shape index (κ3) is 3.67. The summed E-state index contributed by atoms with van der Waals surface area (Å²) < 4.78 is 10.4. The molecular formula is C27H31NO3. The van der Waals surface area contributed by atoms with Gasteiger partial charge in [-0.2, -0.15) is 0 Å². The zero-order chi connectivity index (χ0) is 21.6. The summed E-state index contributed by atoms with van der Waals surface area (Å²) in [4.78, 5) is 14.3. The molecule has 1 heterocycles. The van der Waals surface area contributed by atoms with Crippen LogP contribution in [0.5, 0.6) is 0 Å². The zero-order valence-corrected chi connectivity index (χ0v) is 18.7. The van der Waals surface area contributed by atoms with Crippen LogP contribution in [0.4, 0.5) is 5.69 Å². The summed E-state index contributed by atoms with van der Waals surface area (Å²) >= 11 is 0. The van der Waals surface area contributed by atoms with Gasteiger partial charge >= 0.3 is 5.97 Å². The topological polar surface area (TPSA) is 38.8 Å². The minimum atomic E-state index is -0.165. The number of rotatable bonds is 3. The number of benzene rings is 2. The van der Waals surface area contributed by atoms with Crippen molar-refractivity contribution in [2.45, 2.75) is 33.1 Å². The number of hydrogen-bond donors (Lipinski definition) is 0. The number of hydrogen-bond acceptors (Lipinski definition) is 4. The van der Waals surface area contributed by atoms with E-state index in [9.17, 15) is 4.79 Å². The Labute approximate surface area is 184 Å². The van der Waals surface area contributed by atoms with E-state index in [0.29, 0.717) is 12.3 Å². The normalized spacial score (nSPS) is 25.4. The van der Waals surface area contributed by atoms with Crippen molar-refractivity contribution in [2.75, 3.05) is 38.3 Å². The Morgan fingerprint density at radius 3 is 2.81 bits per heavy atom. The van der Waals surface area contributed by atoms with Crippen molar-refractivity contribution >= 4 is 28.0 Å². The third-order valence-electron chi connectivity index (χ3n) is 7.19. The predicted octanol–water partition coefficient (Wildman–Crippen LogP) is 5.15. The van der Waals surface area contributed by atoms with E-state index in [0.717, 1.165) is 39.1 Å². The lowest BCUT2D eigenvalue weighted by atomic mass is 9.68. The molecule has 2 aromatic carbocycles. The van der Waals surface area contributed by atoms with Crippen molar-refractivity contribution in [3.8, 4) is 0 Å². The molecule has 162 valence electrons. The van der Waals surface area contributed by atoms with Gasteiger partial charge in [-0.15, -0.1) is 0 Å². The van der Waals surface area contributed by atoms with E-state index >= 15 is 0 Å². The maximum atomic E-state index is 11.9. The van der Waals surface area contributed by atoms with E-state index < -0.39 is 0 Å². The summed E-state index contributed by atoms with van der Waals surface area (Å²) in [5.74, 6) is 0.294. The Kier molecular flexibility index (Phi) is 5.13. The first-order valence-electron chi connectivity index (χ1n) is 11.4. The molecule has 2 unspecified atom stereocenters. The maximum absolute atomic E-state index is 11.9. The Morgan fingerprint density at radius 2 is 2.03 bits per heavy atom. The Morgan fingerprint density at radius 1 is 1.23 bits per heavy atom. The van der Waals surface area contributed by atoms with Crippen LogP contribution < -0.4 is 4.90 Å². The molecule has 5 rings (SSSR count). The van der Waals surface area contributed by atoms with Crippen LogP contribution in [0.25, 0.3) is 16.3 Å². The summed E-state index contributed by atoms with van der Waals surface area (Å²) in [6.45, 7) is 8.00. The molecule has 2 aliphatic carbocycles. The number of anilines is 1. The predicted molar refractivity (Wildman–Crippen MR) is 125 cm³/mol. The molecule has 0 amide bonds. The molecule has 0 radical (unpaired) electrons. The number of carbonyl (C=O) groups excluding carboxylic acids is 1. The number of nitrogens with zero attached hydrogens (tertiary/aromatic N) is 1. The molecule has 31 heavy (non-hydrogen) atoms. The molecule has 4 heteroatoms. The van der Waals surface area contributed by atoms with Crippen LogP contribution in [0.1, 0.15) is 37.8 Å². The maximum Gasteiger partial charge on any atom is 0.306 e. The molecule has 1 fully saturated rings. The standard InChI is InChI=1S/C27H31NO3/c1-18-14-24-21-7-5-20(28-10-12-31-13-11-28)15-19(21)4-6-22(24)23-8-9-27(2,16-25(18)23)17-26(29)30-3/h4-8,15-16,18H,9-14,17H2,1-3H3. The second kappa shape index (κ2) is 7.83. The lowest BCUT2D eigenvalue weighted by molar-refractivity contribution is -0.142. The van der Waals surface area contributed by atoms with Crippen molar-refractivity contribution in [2.24, 2.45) is 11.3 Å². The van der Waals surface area contributed by atoms with Crippen LogP contribution in [-0.4, -0.2) is 39.4 Å². The molecule has 0 aromatic heterocycles. The van der Waals surface area contributed by atoms with Gasteiger partial charge in [0.2, 0.25) is 0 Å². The number of fused-ring (bicyclic) bond motifs is 5. The van der Waals surface area contributed by atoms with Gasteiger partial charge in [0, 0.05) is 18.8 Å². The number of carbonyl (C=O) groups is 1. The van der Waals surface area contributed by atoms with Gasteiger partial charge in [-0.1, -0.05) is 44.2 Å². The molecule has 4 nitrogen and oxygen atoms in total. The average molecular weight is 418 g/mol. The molecule has 1 aliphatic heterocycles. The molecule has 3 aliphatic rings. The van der Waals surface area contributed by atoms with Crippen molar-refractivity contribution < 1.29 is 14.3 Å². The number of allylic oxidation sites excluding steroid dienone is 4. The van der Waals surface area contributed by atoms with Gasteiger partial charge in [-0.3, -0.25) is 4.79 Å². The zero-order valence-electron chi connectivity index (χ0n) is 18.7. The highest BCUT2D eigenvalue weighted by Crippen LogP contribution is 2.48. The Balaban J connectivity index is 1.51. The summed E-state index contributed by atoms with van der Waals surface area (Å²) in [6.07, 6.45) is 7.01. The highest BCUT2D eigenvalue weighted by Gasteiger charge is 2.34. The van der Waals surface area contributed by atoms with Crippen LogP contribution in [0.3, 0.4) is 0 Å². The van der Waals surface area contributed by atoms with E-state index in [2.05, 4.69) is 61.2 Å². The summed E-state index contributed by atoms with van der Waals surface area (Å²) in [7, 11) is 1.47. The number of morpholine rings is 1. The first-order chi connectivity index (χ1) is 15.0. The largest absolute Gasteiger partial charge is 0.469 e. The molecule has 0 N–H and O–H groups in total. The Hall–Kier alpha value is -2.59. The van der Waals surface area contributed by atoms with Gasteiger partial charge < -0.3 is 14.4 Å². The van der Waals surface area contributed by atoms with Gasteiger partial charge in [0.15, 0.2) is 0 Å². The average Bonchev–Trinajstić information content (AvgIpc) is 2.79. The third-order valence-corrected chi connectivity index (χ3v) is 7.19. The molecule has 0 bridgehead atoms. The molecule has 0 saturated carbocycles. The molecule has 1 saturated heterocycles. The number of ether oxygens (including phenoxy) is 2. The molecular weight excluding hydrogens is 386 g/mol.